The van der Waals surface area contributed by atoms with E-state index in [9.17, 15) is 9.59 Å². The third kappa shape index (κ3) is 3.46. The molecule has 0 unspecified atom stereocenters. The number of aromatic nitrogens is 5. The number of halogens is 1. The molecule has 4 N–H and O–H groups in total. The van der Waals surface area contributed by atoms with Crippen LogP contribution in [0.3, 0.4) is 0 Å². The molecular weight excluding hydrogens is 454 g/mol. The number of nitrogens with one attached hydrogen (secondary N) is 2. The average molecular weight is 476 g/mol. The van der Waals surface area contributed by atoms with E-state index in [0.717, 1.165) is 22.2 Å². The van der Waals surface area contributed by atoms with Crippen LogP contribution < -0.4 is 22.3 Å². The molecule has 3 heterocycles. The van der Waals surface area contributed by atoms with Gasteiger partial charge in [-0.15, -0.1) is 0 Å². The van der Waals surface area contributed by atoms with Crippen LogP contribution in [0.4, 0.5) is 11.6 Å². The summed E-state index contributed by atoms with van der Waals surface area (Å²) in [6.45, 7) is 3.80. The SMILES string of the molecule is C=C(N)c1ccc(Nc2nc3c(c(=O)n(Cc4cc5c(Cl)cccc5[nH]4)c(=O)n3C)n2C)cc1. The van der Waals surface area contributed by atoms with Crippen LogP contribution in [0.2, 0.25) is 5.02 Å². The summed E-state index contributed by atoms with van der Waals surface area (Å²) in [5.74, 6) is 0.427. The van der Waals surface area contributed by atoms with Gasteiger partial charge in [-0.25, -0.2) is 4.79 Å². The minimum atomic E-state index is -0.460. The van der Waals surface area contributed by atoms with E-state index in [1.54, 1.807) is 24.7 Å². The van der Waals surface area contributed by atoms with E-state index in [-0.39, 0.29) is 6.54 Å². The minimum Gasteiger partial charge on any atom is -0.399 e. The van der Waals surface area contributed by atoms with Gasteiger partial charge in [0.15, 0.2) is 11.2 Å². The number of rotatable bonds is 5. The zero-order valence-corrected chi connectivity index (χ0v) is 19.3. The van der Waals surface area contributed by atoms with E-state index in [0.29, 0.717) is 33.5 Å². The van der Waals surface area contributed by atoms with Crippen LogP contribution in [-0.4, -0.2) is 23.7 Å². The van der Waals surface area contributed by atoms with Gasteiger partial charge in [0.2, 0.25) is 5.95 Å². The summed E-state index contributed by atoms with van der Waals surface area (Å²) in [4.78, 5) is 34.2. The van der Waals surface area contributed by atoms with Gasteiger partial charge in [-0.1, -0.05) is 36.4 Å². The standard InChI is InChI=1S/C24H22ClN7O2/c1-13(26)14-7-9-15(10-8-14)28-23-29-21-20(30(23)2)22(33)32(24(34)31(21)3)12-16-11-17-18(25)5-4-6-19(17)27-16/h4-11,27H,1,12,26H2,2-3H3,(H,28,29). The van der Waals surface area contributed by atoms with Crippen LogP contribution in [0.5, 0.6) is 0 Å². The predicted octanol–water partition coefficient (Wildman–Crippen LogP) is 3.29. The Hall–Kier alpha value is -4.24. The number of fused-ring (bicyclic) bond motifs is 2. The number of anilines is 2. The lowest BCUT2D eigenvalue weighted by molar-refractivity contribution is 0.648. The van der Waals surface area contributed by atoms with Crippen LogP contribution in [0.15, 0.2) is 64.7 Å². The molecule has 0 aliphatic carbocycles. The van der Waals surface area contributed by atoms with E-state index in [1.807, 2.05) is 42.5 Å². The highest BCUT2D eigenvalue weighted by Gasteiger charge is 2.19. The Morgan fingerprint density at radius 1 is 1.15 bits per heavy atom. The van der Waals surface area contributed by atoms with Gasteiger partial charge in [-0.05, 0) is 35.9 Å². The Balaban J connectivity index is 1.57. The molecule has 0 radical (unpaired) electrons. The summed E-state index contributed by atoms with van der Waals surface area (Å²) in [6, 6.07) is 14.7. The number of aromatic amines is 1. The van der Waals surface area contributed by atoms with Gasteiger partial charge in [-0.2, -0.15) is 4.98 Å². The van der Waals surface area contributed by atoms with Crippen molar-refractivity contribution in [1.82, 2.24) is 23.7 Å². The van der Waals surface area contributed by atoms with Crippen molar-refractivity contribution in [2.45, 2.75) is 6.54 Å². The minimum absolute atomic E-state index is 0.0742. The van der Waals surface area contributed by atoms with Crippen molar-refractivity contribution in [2.75, 3.05) is 5.32 Å². The lowest BCUT2D eigenvalue weighted by Gasteiger charge is -2.08. The monoisotopic (exact) mass is 475 g/mol. The quantitative estimate of drug-likeness (QED) is 0.361. The van der Waals surface area contributed by atoms with Crippen LogP contribution in [0.1, 0.15) is 11.3 Å². The first kappa shape index (κ1) is 21.6. The number of imidazole rings is 1. The Kier molecular flexibility index (Phi) is 5.06. The van der Waals surface area contributed by atoms with Crippen LogP contribution in [-0.2, 0) is 20.6 Å². The summed E-state index contributed by atoms with van der Waals surface area (Å²) in [5, 5.41) is 4.63. The van der Waals surface area contributed by atoms with E-state index >= 15 is 0 Å². The maximum Gasteiger partial charge on any atom is 0.332 e. The molecule has 0 aliphatic rings. The van der Waals surface area contributed by atoms with Crippen molar-refractivity contribution in [3.63, 3.8) is 0 Å². The third-order valence-electron chi connectivity index (χ3n) is 5.87. The predicted molar refractivity (Wildman–Crippen MR) is 136 cm³/mol. The maximum absolute atomic E-state index is 13.4. The normalized spacial score (nSPS) is 11.4. The second-order valence-electron chi connectivity index (χ2n) is 8.12. The van der Waals surface area contributed by atoms with Gasteiger partial charge in [0.1, 0.15) is 0 Å². The fourth-order valence-electron chi connectivity index (χ4n) is 4.02. The van der Waals surface area contributed by atoms with Crippen molar-refractivity contribution in [3.8, 4) is 0 Å². The molecule has 0 saturated carbocycles. The Morgan fingerprint density at radius 3 is 2.56 bits per heavy atom. The van der Waals surface area contributed by atoms with Gasteiger partial charge >= 0.3 is 5.69 Å². The highest BCUT2D eigenvalue weighted by molar-refractivity contribution is 6.35. The van der Waals surface area contributed by atoms with Crippen molar-refractivity contribution in [1.29, 1.82) is 0 Å². The summed E-state index contributed by atoms with van der Waals surface area (Å²) in [7, 11) is 3.33. The van der Waals surface area contributed by atoms with Crippen LogP contribution >= 0.6 is 11.6 Å². The molecule has 3 aromatic heterocycles. The summed E-state index contributed by atoms with van der Waals surface area (Å²) in [6.07, 6.45) is 0. The maximum atomic E-state index is 13.4. The van der Waals surface area contributed by atoms with E-state index in [2.05, 4.69) is 21.9 Å². The van der Waals surface area contributed by atoms with Gasteiger partial charge < -0.3 is 20.6 Å². The van der Waals surface area contributed by atoms with Crippen LogP contribution in [0.25, 0.3) is 27.8 Å². The topological polar surface area (TPSA) is 116 Å². The highest BCUT2D eigenvalue weighted by atomic mass is 35.5. The first-order valence-electron chi connectivity index (χ1n) is 10.5. The Labute approximate surface area is 198 Å². The second-order valence-corrected chi connectivity index (χ2v) is 8.53. The van der Waals surface area contributed by atoms with E-state index < -0.39 is 11.2 Å². The molecule has 0 atom stereocenters. The third-order valence-corrected chi connectivity index (χ3v) is 6.20. The molecule has 5 aromatic rings. The molecule has 0 fully saturated rings. The molecule has 10 heteroatoms. The van der Waals surface area contributed by atoms with Crippen molar-refractivity contribution < 1.29 is 0 Å². The second kappa shape index (κ2) is 7.96. The lowest BCUT2D eigenvalue weighted by Crippen LogP contribution is -2.39. The smallest absolute Gasteiger partial charge is 0.332 e. The van der Waals surface area contributed by atoms with Gasteiger partial charge in [-0.3, -0.25) is 13.9 Å². The molecule has 0 spiro atoms. The van der Waals surface area contributed by atoms with Crippen molar-refractivity contribution in [2.24, 2.45) is 19.8 Å². The summed E-state index contributed by atoms with van der Waals surface area (Å²) >= 11 is 6.27. The molecule has 0 amide bonds. The molecule has 172 valence electrons. The van der Waals surface area contributed by atoms with Gasteiger partial charge in [0.25, 0.3) is 5.56 Å². The number of hydrogen-bond acceptors (Lipinski definition) is 5. The molecule has 2 aromatic carbocycles. The fraction of sp³-hybridized carbons (Fsp3) is 0.125. The number of hydrogen-bond donors (Lipinski definition) is 3. The van der Waals surface area contributed by atoms with E-state index in [4.69, 9.17) is 17.3 Å². The van der Waals surface area contributed by atoms with Gasteiger partial charge in [0, 0.05) is 47.1 Å². The molecule has 0 aliphatic heterocycles. The zero-order valence-electron chi connectivity index (χ0n) is 18.6. The number of nitrogens with two attached hydrogens (primary N) is 1. The molecule has 5 rings (SSSR count). The molecular formula is C24H22ClN7O2. The number of benzene rings is 2. The van der Waals surface area contributed by atoms with Gasteiger partial charge in [0.05, 0.1) is 6.54 Å². The Morgan fingerprint density at radius 2 is 1.88 bits per heavy atom. The molecule has 34 heavy (non-hydrogen) atoms. The molecule has 0 bridgehead atoms. The summed E-state index contributed by atoms with van der Waals surface area (Å²) in [5.41, 5.74) is 9.02. The first-order chi connectivity index (χ1) is 16.2. The fourth-order valence-corrected chi connectivity index (χ4v) is 4.25. The van der Waals surface area contributed by atoms with Crippen molar-refractivity contribution in [3.05, 3.63) is 92.2 Å². The first-order valence-corrected chi connectivity index (χ1v) is 10.9. The molecule has 0 saturated heterocycles. The average Bonchev–Trinajstić information content (AvgIpc) is 3.37. The van der Waals surface area contributed by atoms with Crippen molar-refractivity contribution >= 4 is 51.0 Å². The molecule has 9 nitrogen and oxygen atoms in total. The van der Waals surface area contributed by atoms with Crippen LogP contribution in [0, 0.1) is 0 Å². The number of H-pyrrole nitrogens is 1. The summed E-state index contributed by atoms with van der Waals surface area (Å²) < 4.78 is 4.21. The highest BCUT2D eigenvalue weighted by Crippen LogP contribution is 2.24. The number of aryl methyl sites for hydroxylation is 2. The zero-order chi connectivity index (χ0) is 24.1. The lowest BCUT2D eigenvalue weighted by atomic mass is 10.1. The largest absolute Gasteiger partial charge is 0.399 e. The Bertz CT molecular complexity index is 1700. The van der Waals surface area contributed by atoms with E-state index in [1.165, 1.54) is 9.13 Å². The number of nitrogens with zero attached hydrogens (tertiary/aromatic N) is 4.